The van der Waals surface area contributed by atoms with Crippen LogP contribution in [0.2, 0.25) is 0 Å². The molecule has 0 saturated carbocycles. The lowest BCUT2D eigenvalue weighted by molar-refractivity contribution is 0.102. The summed E-state index contributed by atoms with van der Waals surface area (Å²) in [6, 6.07) is 8.90. The SMILES string of the molecule is O=C(Nc1ccc2nccnc2c1)c1ncccc1Br. The Balaban J connectivity index is 1.89. The molecule has 1 aromatic carbocycles. The molecule has 0 fully saturated rings. The quantitative estimate of drug-likeness (QED) is 0.785. The van der Waals surface area contributed by atoms with Gasteiger partial charge in [-0.3, -0.25) is 14.8 Å². The summed E-state index contributed by atoms with van der Waals surface area (Å²) in [5.74, 6) is -0.277. The summed E-state index contributed by atoms with van der Waals surface area (Å²) in [5.41, 5.74) is 2.50. The predicted molar refractivity (Wildman–Crippen MR) is 79.4 cm³/mol. The summed E-state index contributed by atoms with van der Waals surface area (Å²) in [6.45, 7) is 0. The Morgan fingerprint density at radius 1 is 1.00 bits per heavy atom. The Kier molecular flexibility index (Phi) is 3.39. The molecule has 20 heavy (non-hydrogen) atoms. The zero-order chi connectivity index (χ0) is 13.9. The smallest absolute Gasteiger partial charge is 0.275 e. The lowest BCUT2D eigenvalue weighted by atomic mass is 10.2. The number of rotatable bonds is 2. The van der Waals surface area contributed by atoms with Crippen LogP contribution in [0.5, 0.6) is 0 Å². The van der Waals surface area contributed by atoms with Crippen LogP contribution in [0, 0.1) is 0 Å². The molecule has 98 valence electrons. The van der Waals surface area contributed by atoms with Crippen LogP contribution in [0.1, 0.15) is 10.5 Å². The zero-order valence-corrected chi connectivity index (χ0v) is 11.8. The van der Waals surface area contributed by atoms with Gasteiger partial charge >= 0.3 is 0 Å². The van der Waals surface area contributed by atoms with Gasteiger partial charge in [-0.1, -0.05) is 0 Å². The number of anilines is 1. The number of aromatic nitrogens is 3. The summed E-state index contributed by atoms with van der Waals surface area (Å²) in [5, 5.41) is 2.79. The minimum absolute atomic E-state index is 0.277. The molecule has 0 saturated heterocycles. The van der Waals surface area contributed by atoms with E-state index < -0.39 is 0 Å². The van der Waals surface area contributed by atoms with Gasteiger partial charge in [0.15, 0.2) is 0 Å². The van der Waals surface area contributed by atoms with Crippen LogP contribution in [-0.2, 0) is 0 Å². The van der Waals surface area contributed by atoms with Gasteiger partial charge in [-0.2, -0.15) is 0 Å². The number of amides is 1. The summed E-state index contributed by atoms with van der Waals surface area (Å²) in [4.78, 5) is 24.6. The monoisotopic (exact) mass is 328 g/mol. The molecule has 3 rings (SSSR count). The average molecular weight is 329 g/mol. The number of pyridine rings is 1. The fourth-order valence-corrected chi connectivity index (χ4v) is 2.22. The van der Waals surface area contributed by atoms with E-state index in [2.05, 4.69) is 36.2 Å². The van der Waals surface area contributed by atoms with Crippen molar-refractivity contribution in [2.75, 3.05) is 5.32 Å². The molecule has 0 aliphatic carbocycles. The van der Waals surface area contributed by atoms with Crippen molar-refractivity contribution in [3.63, 3.8) is 0 Å². The van der Waals surface area contributed by atoms with Crippen molar-refractivity contribution in [2.24, 2.45) is 0 Å². The standard InChI is InChI=1S/C14H9BrN4O/c15-10-2-1-5-18-13(10)14(20)19-9-3-4-11-12(8-9)17-7-6-16-11/h1-8H,(H,19,20). The third kappa shape index (κ3) is 2.50. The Bertz CT molecular complexity index is 791. The number of benzene rings is 1. The molecule has 5 nitrogen and oxygen atoms in total. The maximum absolute atomic E-state index is 12.1. The summed E-state index contributed by atoms with van der Waals surface area (Å²) >= 11 is 3.30. The van der Waals surface area contributed by atoms with Crippen LogP contribution in [0.15, 0.2) is 53.4 Å². The van der Waals surface area contributed by atoms with Crippen molar-refractivity contribution < 1.29 is 4.79 Å². The molecule has 0 aliphatic rings. The lowest BCUT2D eigenvalue weighted by Crippen LogP contribution is -2.14. The highest BCUT2D eigenvalue weighted by molar-refractivity contribution is 9.10. The number of nitrogens with one attached hydrogen (secondary N) is 1. The molecule has 2 aromatic heterocycles. The highest BCUT2D eigenvalue weighted by atomic mass is 79.9. The van der Waals surface area contributed by atoms with E-state index in [1.807, 2.05) is 6.07 Å². The fourth-order valence-electron chi connectivity index (χ4n) is 1.78. The van der Waals surface area contributed by atoms with E-state index in [1.54, 1.807) is 42.9 Å². The summed E-state index contributed by atoms with van der Waals surface area (Å²) < 4.78 is 0.651. The maximum Gasteiger partial charge on any atom is 0.275 e. The van der Waals surface area contributed by atoms with Crippen LogP contribution in [0.4, 0.5) is 5.69 Å². The topological polar surface area (TPSA) is 67.8 Å². The Hall–Kier alpha value is -2.34. The minimum Gasteiger partial charge on any atom is -0.321 e. The second-order valence-electron chi connectivity index (χ2n) is 4.05. The first kappa shape index (κ1) is 12.7. The molecule has 0 radical (unpaired) electrons. The molecular weight excluding hydrogens is 320 g/mol. The minimum atomic E-state index is -0.277. The maximum atomic E-state index is 12.1. The number of hydrogen-bond donors (Lipinski definition) is 1. The summed E-state index contributed by atoms with van der Waals surface area (Å²) in [6.07, 6.45) is 4.82. The van der Waals surface area contributed by atoms with Gasteiger partial charge in [0, 0.05) is 28.8 Å². The lowest BCUT2D eigenvalue weighted by Gasteiger charge is -2.06. The third-order valence-corrected chi connectivity index (χ3v) is 3.34. The van der Waals surface area contributed by atoms with Gasteiger partial charge < -0.3 is 5.32 Å². The van der Waals surface area contributed by atoms with Gasteiger partial charge in [0.2, 0.25) is 0 Å². The first-order valence-electron chi connectivity index (χ1n) is 5.87. The second-order valence-corrected chi connectivity index (χ2v) is 4.90. The summed E-state index contributed by atoms with van der Waals surface area (Å²) in [7, 11) is 0. The molecule has 3 aromatic rings. The average Bonchev–Trinajstić information content (AvgIpc) is 2.47. The van der Waals surface area contributed by atoms with E-state index in [-0.39, 0.29) is 5.91 Å². The number of nitrogens with zero attached hydrogens (tertiary/aromatic N) is 3. The normalized spacial score (nSPS) is 10.4. The van der Waals surface area contributed by atoms with E-state index >= 15 is 0 Å². The number of hydrogen-bond acceptors (Lipinski definition) is 4. The van der Waals surface area contributed by atoms with Crippen LogP contribution < -0.4 is 5.32 Å². The molecule has 2 heterocycles. The first-order valence-corrected chi connectivity index (χ1v) is 6.66. The molecule has 6 heteroatoms. The fraction of sp³-hybridized carbons (Fsp3) is 0. The Labute approximate surface area is 123 Å². The highest BCUT2D eigenvalue weighted by Crippen LogP contribution is 2.18. The molecular formula is C14H9BrN4O. The van der Waals surface area contributed by atoms with Crippen molar-refractivity contribution in [2.45, 2.75) is 0 Å². The number of carbonyl (C=O) groups excluding carboxylic acids is 1. The molecule has 0 aliphatic heterocycles. The molecule has 1 amide bonds. The van der Waals surface area contributed by atoms with Crippen LogP contribution in [0.25, 0.3) is 11.0 Å². The van der Waals surface area contributed by atoms with E-state index in [4.69, 9.17) is 0 Å². The van der Waals surface area contributed by atoms with Crippen molar-refractivity contribution in [3.05, 3.63) is 59.1 Å². The van der Waals surface area contributed by atoms with E-state index in [9.17, 15) is 4.79 Å². The second kappa shape index (κ2) is 5.34. The van der Waals surface area contributed by atoms with Gasteiger partial charge in [-0.15, -0.1) is 0 Å². The van der Waals surface area contributed by atoms with E-state index in [0.717, 1.165) is 11.0 Å². The molecule has 0 spiro atoms. The first-order chi connectivity index (χ1) is 9.74. The number of halogens is 1. The van der Waals surface area contributed by atoms with Gasteiger partial charge in [-0.25, -0.2) is 4.98 Å². The molecule has 0 unspecified atom stereocenters. The van der Waals surface area contributed by atoms with Crippen LogP contribution in [-0.4, -0.2) is 20.9 Å². The van der Waals surface area contributed by atoms with Crippen molar-refractivity contribution in [1.82, 2.24) is 15.0 Å². The molecule has 0 atom stereocenters. The number of carbonyl (C=O) groups is 1. The van der Waals surface area contributed by atoms with Gasteiger partial charge in [0.05, 0.1) is 11.0 Å². The van der Waals surface area contributed by atoms with Crippen LogP contribution >= 0.6 is 15.9 Å². The predicted octanol–water partition coefficient (Wildman–Crippen LogP) is 3.04. The largest absolute Gasteiger partial charge is 0.321 e. The zero-order valence-electron chi connectivity index (χ0n) is 10.2. The molecule has 0 bridgehead atoms. The Morgan fingerprint density at radius 2 is 1.80 bits per heavy atom. The van der Waals surface area contributed by atoms with E-state index in [0.29, 0.717) is 15.9 Å². The van der Waals surface area contributed by atoms with Crippen molar-refractivity contribution in [3.8, 4) is 0 Å². The van der Waals surface area contributed by atoms with Gasteiger partial charge in [-0.05, 0) is 46.3 Å². The van der Waals surface area contributed by atoms with E-state index in [1.165, 1.54) is 0 Å². The van der Waals surface area contributed by atoms with Crippen molar-refractivity contribution >= 4 is 38.6 Å². The Morgan fingerprint density at radius 3 is 2.60 bits per heavy atom. The third-order valence-electron chi connectivity index (χ3n) is 2.70. The van der Waals surface area contributed by atoms with Crippen molar-refractivity contribution in [1.29, 1.82) is 0 Å². The number of fused-ring (bicyclic) bond motifs is 1. The van der Waals surface area contributed by atoms with Crippen LogP contribution in [0.3, 0.4) is 0 Å². The highest BCUT2D eigenvalue weighted by Gasteiger charge is 2.11. The van der Waals surface area contributed by atoms with Gasteiger partial charge in [0.1, 0.15) is 5.69 Å². The van der Waals surface area contributed by atoms with Gasteiger partial charge in [0.25, 0.3) is 5.91 Å². The molecule has 1 N–H and O–H groups in total.